The van der Waals surface area contributed by atoms with Gasteiger partial charge in [-0.05, 0) is 0 Å². The Labute approximate surface area is 55.4 Å². The van der Waals surface area contributed by atoms with Gasteiger partial charge in [0.05, 0.1) is 0 Å². The van der Waals surface area contributed by atoms with Crippen LogP contribution in [0, 0.1) is 0 Å². The predicted molar refractivity (Wildman–Crippen MR) is 39.5 cm³/mol. The van der Waals surface area contributed by atoms with Crippen molar-refractivity contribution < 1.29 is 0 Å². The van der Waals surface area contributed by atoms with Crippen LogP contribution in [0.4, 0.5) is 0 Å². The van der Waals surface area contributed by atoms with Crippen molar-refractivity contribution in [2.75, 3.05) is 0 Å². The third-order valence-electron chi connectivity index (χ3n) is 1.41. The summed E-state index contributed by atoms with van der Waals surface area (Å²) in [7, 11) is 0. The van der Waals surface area contributed by atoms with E-state index in [0.717, 1.165) is 4.75 Å². The van der Waals surface area contributed by atoms with Gasteiger partial charge < -0.3 is 0 Å². The zero-order valence-corrected chi connectivity index (χ0v) is 7.48. The SMILES string of the molecule is [CH3][Ge]([CH3])[CH]1C=CC=C1. The molecule has 0 saturated carbocycles. The van der Waals surface area contributed by atoms with E-state index in [1.54, 1.807) is 0 Å². The molecule has 0 amide bonds. The van der Waals surface area contributed by atoms with Crippen LogP contribution in [0.1, 0.15) is 0 Å². The van der Waals surface area contributed by atoms with Crippen molar-refractivity contribution in [1.29, 1.82) is 0 Å². The van der Waals surface area contributed by atoms with Gasteiger partial charge in [-0.25, -0.2) is 0 Å². The zero-order valence-electron chi connectivity index (χ0n) is 5.39. The van der Waals surface area contributed by atoms with E-state index < -0.39 is 14.3 Å². The van der Waals surface area contributed by atoms with Crippen LogP contribution in [0.25, 0.3) is 0 Å². The van der Waals surface area contributed by atoms with Crippen molar-refractivity contribution in [2.24, 2.45) is 0 Å². The third kappa shape index (κ3) is 1.25. The van der Waals surface area contributed by atoms with E-state index >= 15 is 0 Å². The summed E-state index contributed by atoms with van der Waals surface area (Å²) < 4.78 is 0.870. The topological polar surface area (TPSA) is 0 Å². The number of allylic oxidation sites excluding steroid dienone is 4. The van der Waals surface area contributed by atoms with Crippen LogP contribution in [-0.2, 0) is 0 Å². The van der Waals surface area contributed by atoms with Gasteiger partial charge in [-0.3, -0.25) is 0 Å². The van der Waals surface area contributed by atoms with Crippen LogP contribution in [0.5, 0.6) is 0 Å². The summed E-state index contributed by atoms with van der Waals surface area (Å²) in [5.74, 6) is 4.81. The molecule has 0 aromatic carbocycles. The van der Waals surface area contributed by atoms with Gasteiger partial charge in [0.1, 0.15) is 0 Å². The second-order valence-electron chi connectivity index (χ2n) is 2.37. The molecule has 0 saturated heterocycles. The fourth-order valence-electron chi connectivity index (χ4n) is 0.817. The van der Waals surface area contributed by atoms with Gasteiger partial charge >= 0.3 is 54.9 Å². The van der Waals surface area contributed by atoms with Gasteiger partial charge in [0.2, 0.25) is 0 Å². The summed E-state index contributed by atoms with van der Waals surface area (Å²) in [6, 6.07) is 0. The van der Waals surface area contributed by atoms with Gasteiger partial charge in [-0.15, -0.1) is 0 Å². The summed E-state index contributed by atoms with van der Waals surface area (Å²) in [5.41, 5.74) is 0. The van der Waals surface area contributed by atoms with Crippen molar-refractivity contribution in [3.63, 3.8) is 0 Å². The van der Waals surface area contributed by atoms with Crippen LogP contribution in [0.15, 0.2) is 24.3 Å². The van der Waals surface area contributed by atoms with E-state index in [-0.39, 0.29) is 0 Å². The number of rotatable bonds is 1. The summed E-state index contributed by atoms with van der Waals surface area (Å²) in [4.78, 5) is 0. The van der Waals surface area contributed by atoms with Crippen LogP contribution >= 0.6 is 0 Å². The molecule has 1 aliphatic rings. The summed E-state index contributed by atoms with van der Waals surface area (Å²) in [5, 5.41) is 0. The van der Waals surface area contributed by atoms with Crippen LogP contribution in [-0.4, -0.2) is 14.3 Å². The molecule has 0 aromatic heterocycles. The molecule has 1 aliphatic carbocycles. The molecule has 1 radical (unpaired) electrons. The standard InChI is InChI=1S/C7H11Ge/c1-8(2)7-5-3-4-6-7/h3-7H,1-2H3. The Hall–Kier alpha value is 0.0229. The molecule has 0 atom stereocenters. The van der Waals surface area contributed by atoms with Crippen molar-refractivity contribution in [2.45, 2.75) is 16.3 Å². The fraction of sp³-hybridized carbons (Fsp3) is 0.429. The van der Waals surface area contributed by atoms with E-state index in [1.165, 1.54) is 0 Å². The molecule has 8 heavy (non-hydrogen) atoms. The van der Waals surface area contributed by atoms with E-state index in [4.69, 9.17) is 0 Å². The quantitative estimate of drug-likeness (QED) is 0.526. The Bertz CT molecular complexity index is 110. The van der Waals surface area contributed by atoms with E-state index in [9.17, 15) is 0 Å². The van der Waals surface area contributed by atoms with E-state index in [1.807, 2.05) is 0 Å². The van der Waals surface area contributed by atoms with Gasteiger partial charge in [0.25, 0.3) is 0 Å². The minimum absolute atomic E-state index is 0.630. The maximum atomic E-state index is 2.41. The first-order chi connectivity index (χ1) is 3.80. The molecule has 0 spiro atoms. The molecule has 0 bridgehead atoms. The molecule has 0 heterocycles. The molecule has 43 valence electrons. The Kier molecular flexibility index (Phi) is 1.95. The van der Waals surface area contributed by atoms with Gasteiger partial charge in [0.15, 0.2) is 0 Å². The second kappa shape index (κ2) is 2.54. The average Bonchev–Trinajstić information content (AvgIpc) is 2.12. The normalized spacial score (nSPS) is 18.9. The molecule has 0 aliphatic heterocycles. The van der Waals surface area contributed by atoms with Gasteiger partial charge in [0, 0.05) is 0 Å². The summed E-state index contributed by atoms with van der Waals surface area (Å²) >= 11 is -0.630. The minimum atomic E-state index is -0.630. The molecule has 0 N–H and O–H groups in total. The number of hydrogen-bond donors (Lipinski definition) is 0. The number of hydrogen-bond acceptors (Lipinski definition) is 0. The van der Waals surface area contributed by atoms with Crippen molar-refractivity contribution in [1.82, 2.24) is 0 Å². The summed E-state index contributed by atoms with van der Waals surface area (Å²) in [6.07, 6.45) is 8.94. The Morgan fingerprint density at radius 2 is 1.62 bits per heavy atom. The predicted octanol–water partition coefficient (Wildman–Crippen LogP) is 2.24. The Morgan fingerprint density at radius 1 is 1.12 bits per heavy atom. The zero-order chi connectivity index (χ0) is 5.98. The van der Waals surface area contributed by atoms with Crippen LogP contribution in [0.2, 0.25) is 16.3 Å². The first kappa shape index (κ1) is 6.15. The average molecular weight is 168 g/mol. The van der Waals surface area contributed by atoms with Gasteiger partial charge in [-0.1, -0.05) is 0 Å². The van der Waals surface area contributed by atoms with Crippen molar-refractivity contribution in [3.05, 3.63) is 24.3 Å². The molecule has 0 unspecified atom stereocenters. The molecule has 1 rings (SSSR count). The summed E-state index contributed by atoms with van der Waals surface area (Å²) in [6.45, 7) is 0. The van der Waals surface area contributed by atoms with Gasteiger partial charge in [-0.2, -0.15) is 0 Å². The van der Waals surface area contributed by atoms with Crippen LogP contribution < -0.4 is 0 Å². The molecule has 0 nitrogen and oxygen atoms in total. The maximum absolute atomic E-state index is 2.41. The van der Waals surface area contributed by atoms with E-state index in [0.29, 0.717) is 0 Å². The molecule has 0 aromatic rings. The molecular weight excluding hydrogens is 157 g/mol. The molecular formula is C7H11Ge. The monoisotopic (exact) mass is 169 g/mol. The third-order valence-corrected chi connectivity index (χ3v) is 5.02. The first-order valence-corrected chi connectivity index (χ1v) is 8.36. The molecule has 0 fully saturated rings. The second-order valence-corrected chi connectivity index (χ2v) is 8.29. The first-order valence-electron chi connectivity index (χ1n) is 2.96. The van der Waals surface area contributed by atoms with Crippen molar-refractivity contribution in [3.8, 4) is 0 Å². The van der Waals surface area contributed by atoms with E-state index in [2.05, 4.69) is 35.8 Å². The molecule has 1 heteroatoms. The fourth-order valence-corrected chi connectivity index (χ4v) is 2.90. The van der Waals surface area contributed by atoms with Crippen LogP contribution in [0.3, 0.4) is 0 Å². The van der Waals surface area contributed by atoms with Crippen molar-refractivity contribution >= 4 is 14.3 Å². The Balaban J connectivity index is 2.49. The Morgan fingerprint density at radius 3 is 1.88 bits per heavy atom.